The van der Waals surface area contributed by atoms with Gasteiger partial charge in [0, 0.05) is 12.1 Å². The molecule has 0 aliphatic heterocycles. The normalized spacial score (nSPS) is 10.8. The van der Waals surface area contributed by atoms with Gasteiger partial charge in [0.2, 0.25) is 5.91 Å². The molecular weight excluding hydrogens is 320 g/mol. The van der Waals surface area contributed by atoms with E-state index in [0.717, 1.165) is 32.2 Å². The number of aromatic nitrogens is 1. The lowest BCUT2D eigenvalue weighted by Crippen LogP contribution is -2.12. The van der Waals surface area contributed by atoms with Crippen molar-refractivity contribution < 1.29 is 9.53 Å². The average molecular weight is 340 g/mol. The van der Waals surface area contributed by atoms with Gasteiger partial charge in [-0.2, -0.15) is 0 Å². The zero-order valence-corrected chi connectivity index (χ0v) is 14.7. The first-order chi connectivity index (χ1) is 11.7. The number of ether oxygens (including phenoxy) is 1. The van der Waals surface area contributed by atoms with Crippen LogP contribution in [0, 0.1) is 6.92 Å². The first-order valence-corrected chi connectivity index (χ1v) is 8.85. The molecule has 3 aromatic rings. The second kappa shape index (κ2) is 7.45. The smallest absolute Gasteiger partial charge is 0.224 e. The fourth-order valence-electron chi connectivity index (χ4n) is 2.60. The Morgan fingerprint density at radius 1 is 1.25 bits per heavy atom. The maximum absolute atomic E-state index is 12.2. The van der Waals surface area contributed by atoms with Gasteiger partial charge < -0.3 is 10.1 Å². The van der Waals surface area contributed by atoms with E-state index in [1.54, 1.807) is 11.3 Å². The molecule has 1 aromatic heterocycles. The quantitative estimate of drug-likeness (QED) is 0.715. The van der Waals surface area contributed by atoms with Crippen LogP contribution in [0.15, 0.2) is 42.5 Å². The highest BCUT2D eigenvalue weighted by molar-refractivity contribution is 7.18. The summed E-state index contributed by atoms with van der Waals surface area (Å²) in [4.78, 5) is 16.7. The Labute approximate surface area is 145 Å². The van der Waals surface area contributed by atoms with Crippen LogP contribution < -0.4 is 10.1 Å². The minimum absolute atomic E-state index is 0.00175. The summed E-state index contributed by atoms with van der Waals surface area (Å²) in [5.41, 5.74) is 2.85. The molecule has 124 valence electrons. The van der Waals surface area contributed by atoms with Crippen LogP contribution in [0.3, 0.4) is 0 Å². The standard InChI is InChI=1S/C19H20N2O2S/c1-3-23-17-7-5-4-6-14(17)8-11-19(22)21-15-9-10-16-18(12-15)24-13(2)20-16/h4-7,9-10,12H,3,8,11H2,1-2H3,(H,21,22). The maximum atomic E-state index is 12.2. The van der Waals surface area contributed by atoms with Crippen LogP contribution in [-0.4, -0.2) is 17.5 Å². The molecule has 0 saturated heterocycles. The number of benzene rings is 2. The molecule has 0 atom stereocenters. The number of fused-ring (bicyclic) bond motifs is 1. The molecule has 24 heavy (non-hydrogen) atoms. The average Bonchev–Trinajstić information content (AvgIpc) is 2.93. The lowest BCUT2D eigenvalue weighted by atomic mass is 10.1. The Balaban J connectivity index is 1.62. The summed E-state index contributed by atoms with van der Waals surface area (Å²) in [6, 6.07) is 13.7. The molecule has 1 N–H and O–H groups in total. The first-order valence-electron chi connectivity index (χ1n) is 8.03. The molecule has 0 aliphatic rings. The van der Waals surface area contributed by atoms with Gasteiger partial charge in [0.05, 0.1) is 21.8 Å². The number of anilines is 1. The summed E-state index contributed by atoms with van der Waals surface area (Å²) in [6.45, 7) is 4.57. The van der Waals surface area contributed by atoms with Crippen LogP contribution in [0.1, 0.15) is 23.9 Å². The summed E-state index contributed by atoms with van der Waals surface area (Å²) in [5, 5.41) is 3.99. The highest BCUT2D eigenvalue weighted by Crippen LogP contribution is 2.25. The zero-order chi connectivity index (χ0) is 16.9. The van der Waals surface area contributed by atoms with Crippen molar-refractivity contribution in [1.82, 2.24) is 4.98 Å². The molecule has 2 aromatic carbocycles. The number of thiazole rings is 1. The highest BCUT2D eigenvalue weighted by Gasteiger charge is 2.08. The number of carbonyl (C=O) groups is 1. The van der Waals surface area contributed by atoms with Crippen LogP contribution >= 0.6 is 11.3 Å². The highest BCUT2D eigenvalue weighted by atomic mass is 32.1. The molecule has 4 nitrogen and oxygen atoms in total. The van der Waals surface area contributed by atoms with Gasteiger partial charge >= 0.3 is 0 Å². The minimum atomic E-state index is 0.00175. The first kappa shape index (κ1) is 16.5. The second-order valence-electron chi connectivity index (χ2n) is 5.50. The van der Waals surface area contributed by atoms with E-state index in [9.17, 15) is 4.79 Å². The monoisotopic (exact) mass is 340 g/mol. The Hall–Kier alpha value is -2.40. The summed E-state index contributed by atoms with van der Waals surface area (Å²) < 4.78 is 6.69. The van der Waals surface area contributed by atoms with Crippen molar-refractivity contribution in [3.05, 3.63) is 53.0 Å². The lowest BCUT2D eigenvalue weighted by Gasteiger charge is -2.10. The van der Waals surface area contributed by atoms with Crippen molar-refractivity contribution in [3.8, 4) is 5.75 Å². The lowest BCUT2D eigenvalue weighted by molar-refractivity contribution is -0.116. The van der Waals surface area contributed by atoms with E-state index in [0.29, 0.717) is 19.4 Å². The van der Waals surface area contributed by atoms with Gasteiger partial charge in [-0.3, -0.25) is 4.79 Å². The fourth-order valence-corrected chi connectivity index (χ4v) is 3.46. The van der Waals surface area contributed by atoms with Crippen molar-refractivity contribution in [2.75, 3.05) is 11.9 Å². The third-order valence-corrected chi connectivity index (χ3v) is 4.61. The number of aryl methyl sites for hydroxylation is 2. The van der Waals surface area contributed by atoms with Crippen LogP contribution in [0.5, 0.6) is 5.75 Å². The van der Waals surface area contributed by atoms with Gasteiger partial charge in [0.1, 0.15) is 5.75 Å². The van der Waals surface area contributed by atoms with Crippen LogP contribution in [-0.2, 0) is 11.2 Å². The van der Waals surface area contributed by atoms with E-state index >= 15 is 0 Å². The number of hydrogen-bond acceptors (Lipinski definition) is 4. The van der Waals surface area contributed by atoms with Crippen LogP contribution in [0.25, 0.3) is 10.2 Å². The molecule has 5 heteroatoms. The summed E-state index contributed by atoms with van der Waals surface area (Å²) in [5.74, 6) is 0.858. The topological polar surface area (TPSA) is 51.2 Å². The van der Waals surface area contributed by atoms with Gasteiger partial charge in [-0.1, -0.05) is 18.2 Å². The molecule has 0 radical (unpaired) electrons. The molecule has 0 aliphatic carbocycles. The molecule has 1 heterocycles. The summed E-state index contributed by atoms with van der Waals surface area (Å²) in [7, 11) is 0. The van der Waals surface area contributed by atoms with Crippen LogP contribution in [0.4, 0.5) is 5.69 Å². The Morgan fingerprint density at radius 2 is 2.08 bits per heavy atom. The molecular formula is C19H20N2O2S. The number of nitrogens with zero attached hydrogens (tertiary/aromatic N) is 1. The van der Waals surface area contributed by atoms with E-state index in [1.807, 2.05) is 56.3 Å². The molecule has 0 saturated carbocycles. The third kappa shape index (κ3) is 3.92. The largest absolute Gasteiger partial charge is 0.494 e. The van der Waals surface area contributed by atoms with E-state index in [1.165, 1.54) is 0 Å². The van der Waals surface area contributed by atoms with Gasteiger partial charge in [-0.15, -0.1) is 11.3 Å². The Bertz CT molecular complexity index is 857. The molecule has 1 amide bonds. The fraction of sp³-hybridized carbons (Fsp3) is 0.263. The second-order valence-corrected chi connectivity index (χ2v) is 6.74. The van der Waals surface area contributed by atoms with Gasteiger partial charge in [0.25, 0.3) is 0 Å². The number of amides is 1. The van der Waals surface area contributed by atoms with Crippen molar-refractivity contribution in [2.24, 2.45) is 0 Å². The summed E-state index contributed by atoms with van der Waals surface area (Å²) in [6.07, 6.45) is 1.08. The van der Waals surface area contributed by atoms with Gasteiger partial charge in [0.15, 0.2) is 0 Å². The van der Waals surface area contributed by atoms with Gasteiger partial charge in [-0.25, -0.2) is 4.98 Å². The van der Waals surface area contributed by atoms with E-state index < -0.39 is 0 Å². The van der Waals surface area contributed by atoms with E-state index in [-0.39, 0.29) is 5.91 Å². The third-order valence-electron chi connectivity index (χ3n) is 3.67. The van der Waals surface area contributed by atoms with E-state index in [4.69, 9.17) is 4.74 Å². The Kier molecular flexibility index (Phi) is 5.11. The van der Waals surface area contributed by atoms with Crippen molar-refractivity contribution >= 4 is 33.1 Å². The molecule has 0 spiro atoms. The number of rotatable bonds is 6. The van der Waals surface area contributed by atoms with E-state index in [2.05, 4.69) is 10.3 Å². The zero-order valence-electron chi connectivity index (χ0n) is 13.8. The molecule has 3 rings (SSSR count). The molecule has 0 fully saturated rings. The predicted molar refractivity (Wildman–Crippen MR) is 98.9 cm³/mol. The summed E-state index contributed by atoms with van der Waals surface area (Å²) >= 11 is 1.63. The maximum Gasteiger partial charge on any atom is 0.224 e. The number of carbonyl (C=O) groups excluding carboxylic acids is 1. The van der Waals surface area contributed by atoms with Crippen LogP contribution in [0.2, 0.25) is 0 Å². The number of nitrogens with one attached hydrogen (secondary N) is 1. The number of para-hydroxylation sites is 1. The van der Waals surface area contributed by atoms with Crippen molar-refractivity contribution in [2.45, 2.75) is 26.7 Å². The minimum Gasteiger partial charge on any atom is -0.494 e. The van der Waals surface area contributed by atoms with Gasteiger partial charge in [-0.05, 0) is 50.1 Å². The molecule has 0 unspecified atom stereocenters. The predicted octanol–water partition coefficient (Wildman–Crippen LogP) is 4.57. The SMILES string of the molecule is CCOc1ccccc1CCC(=O)Nc1ccc2nc(C)sc2c1. The van der Waals surface area contributed by atoms with Crippen molar-refractivity contribution in [1.29, 1.82) is 0 Å². The molecule has 0 bridgehead atoms. The van der Waals surface area contributed by atoms with Crippen molar-refractivity contribution in [3.63, 3.8) is 0 Å². The number of hydrogen-bond donors (Lipinski definition) is 1. The Morgan fingerprint density at radius 3 is 2.92 bits per heavy atom.